The molecule has 4 rings (SSSR count). The van der Waals surface area contributed by atoms with Crippen LogP contribution in [0.2, 0.25) is 0 Å². The number of hydrogen-bond donors (Lipinski definition) is 4. The van der Waals surface area contributed by atoms with Crippen molar-refractivity contribution in [1.29, 1.82) is 0 Å². The van der Waals surface area contributed by atoms with Gasteiger partial charge in [0.2, 0.25) is 11.9 Å². The Labute approximate surface area is 150 Å². The fourth-order valence-corrected chi connectivity index (χ4v) is 2.99. The minimum absolute atomic E-state index is 0.00259. The van der Waals surface area contributed by atoms with Crippen LogP contribution in [0.15, 0.2) is 30.6 Å². The summed E-state index contributed by atoms with van der Waals surface area (Å²) in [6, 6.07) is 5.75. The van der Waals surface area contributed by atoms with Gasteiger partial charge in [-0.15, -0.1) is 5.10 Å². The van der Waals surface area contributed by atoms with Crippen LogP contribution in [-0.4, -0.2) is 38.6 Å². The van der Waals surface area contributed by atoms with Crippen molar-refractivity contribution >= 4 is 34.7 Å². The summed E-state index contributed by atoms with van der Waals surface area (Å²) in [5, 5.41) is 13.6. The van der Waals surface area contributed by atoms with E-state index in [0.29, 0.717) is 30.5 Å². The first-order chi connectivity index (χ1) is 12.5. The zero-order valence-corrected chi connectivity index (χ0v) is 14.6. The molecule has 26 heavy (non-hydrogen) atoms. The summed E-state index contributed by atoms with van der Waals surface area (Å²) in [5.41, 5.74) is 8.19. The summed E-state index contributed by atoms with van der Waals surface area (Å²) in [6.07, 6.45) is 3.38. The number of carbonyl (C=O) groups is 1. The van der Waals surface area contributed by atoms with Crippen molar-refractivity contribution < 1.29 is 4.79 Å². The summed E-state index contributed by atoms with van der Waals surface area (Å²) in [5.74, 6) is 1.07. The maximum atomic E-state index is 12.1. The molecule has 1 aromatic carbocycles. The van der Waals surface area contributed by atoms with E-state index in [1.54, 1.807) is 16.9 Å². The maximum Gasteiger partial charge on any atom is 0.247 e. The van der Waals surface area contributed by atoms with Crippen LogP contribution in [0.3, 0.4) is 0 Å². The minimum Gasteiger partial charge on any atom is -0.366 e. The average Bonchev–Trinajstić information content (AvgIpc) is 3.11. The third-order valence-corrected chi connectivity index (χ3v) is 4.46. The summed E-state index contributed by atoms with van der Waals surface area (Å²) in [6.45, 7) is 4.92. The molecule has 0 unspecified atom stereocenters. The van der Waals surface area contributed by atoms with Crippen molar-refractivity contribution in [3.63, 3.8) is 0 Å². The van der Waals surface area contributed by atoms with Crippen molar-refractivity contribution in [1.82, 2.24) is 19.6 Å². The monoisotopic (exact) mass is 352 g/mol. The smallest absolute Gasteiger partial charge is 0.247 e. The molecule has 1 aliphatic rings. The number of hydrogen-bond acceptors (Lipinski definition) is 7. The van der Waals surface area contributed by atoms with E-state index in [9.17, 15) is 4.79 Å². The standard InChI is InChI=1S/C17H20N8O/c1-17(2)11-4-3-10(9-12(11)22-15(17)26)21-16-23-14-13(19-6-5-18)20-7-8-25(14)24-16/h3-4,7-9H,5-6,18H2,1-2H3,(H,19,20)(H,21,24)(H,22,26). The van der Waals surface area contributed by atoms with E-state index < -0.39 is 5.41 Å². The van der Waals surface area contributed by atoms with Crippen LogP contribution in [-0.2, 0) is 10.2 Å². The first-order valence-corrected chi connectivity index (χ1v) is 8.37. The first-order valence-electron chi connectivity index (χ1n) is 8.37. The predicted molar refractivity (Wildman–Crippen MR) is 99.7 cm³/mol. The second kappa shape index (κ2) is 5.95. The molecule has 9 heteroatoms. The number of amides is 1. The Morgan fingerprint density at radius 1 is 1.35 bits per heavy atom. The van der Waals surface area contributed by atoms with Gasteiger partial charge >= 0.3 is 0 Å². The van der Waals surface area contributed by atoms with Gasteiger partial charge in [-0.05, 0) is 31.5 Å². The second-order valence-electron chi connectivity index (χ2n) is 6.66. The van der Waals surface area contributed by atoms with Gasteiger partial charge in [-0.25, -0.2) is 9.50 Å². The minimum atomic E-state index is -0.523. The van der Waals surface area contributed by atoms with Crippen molar-refractivity contribution in [3.8, 4) is 0 Å². The highest BCUT2D eigenvalue weighted by atomic mass is 16.2. The third-order valence-electron chi connectivity index (χ3n) is 4.46. The van der Waals surface area contributed by atoms with Crippen molar-refractivity contribution in [2.75, 3.05) is 29.0 Å². The van der Waals surface area contributed by atoms with E-state index in [1.165, 1.54) is 0 Å². The van der Waals surface area contributed by atoms with Gasteiger partial charge in [0.05, 0.1) is 5.41 Å². The van der Waals surface area contributed by atoms with Gasteiger partial charge in [0, 0.05) is 36.9 Å². The van der Waals surface area contributed by atoms with Crippen LogP contribution in [0.4, 0.5) is 23.1 Å². The van der Waals surface area contributed by atoms with E-state index in [4.69, 9.17) is 5.73 Å². The molecule has 0 fully saturated rings. The predicted octanol–water partition coefficient (Wildman–Crippen LogP) is 1.47. The molecule has 0 spiro atoms. The number of fused-ring (bicyclic) bond motifs is 2. The van der Waals surface area contributed by atoms with Crippen LogP contribution >= 0.6 is 0 Å². The van der Waals surface area contributed by atoms with Gasteiger partial charge in [0.25, 0.3) is 0 Å². The highest BCUT2D eigenvalue weighted by Crippen LogP contribution is 2.38. The van der Waals surface area contributed by atoms with Gasteiger partial charge < -0.3 is 21.7 Å². The van der Waals surface area contributed by atoms with Crippen LogP contribution in [0, 0.1) is 0 Å². The van der Waals surface area contributed by atoms with Crippen LogP contribution in [0.5, 0.6) is 0 Å². The van der Waals surface area contributed by atoms with Crippen LogP contribution < -0.4 is 21.7 Å². The largest absolute Gasteiger partial charge is 0.366 e. The number of nitrogens with two attached hydrogens (primary N) is 1. The molecule has 0 saturated heterocycles. The van der Waals surface area contributed by atoms with Gasteiger partial charge in [0.1, 0.15) is 0 Å². The Balaban J connectivity index is 1.62. The molecule has 5 N–H and O–H groups in total. The SMILES string of the molecule is CC1(C)C(=O)Nc2cc(Nc3nc4c(NCCN)nccn4n3)ccc21. The Morgan fingerprint density at radius 3 is 3.00 bits per heavy atom. The van der Waals surface area contributed by atoms with E-state index in [2.05, 4.69) is 31.0 Å². The third kappa shape index (κ3) is 2.62. The van der Waals surface area contributed by atoms with Crippen LogP contribution in [0.25, 0.3) is 5.65 Å². The zero-order chi connectivity index (χ0) is 18.3. The molecule has 0 aliphatic carbocycles. The summed E-state index contributed by atoms with van der Waals surface area (Å²) >= 11 is 0. The lowest BCUT2D eigenvalue weighted by Crippen LogP contribution is -2.26. The molecule has 2 aromatic heterocycles. The number of nitrogens with one attached hydrogen (secondary N) is 3. The van der Waals surface area contributed by atoms with Crippen molar-refractivity contribution in [2.45, 2.75) is 19.3 Å². The van der Waals surface area contributed by atoms with Gasteiger partial charge in [-0.1, -0.05) is 6.07 Å². The summed E-state index contributed by atoms with van der Waals surface area (Å²) in [7, 11) is 0. The summed E-state index contributed by atoms with van der Waals surface area (Å²) in [4.78, 5) is 20.8. The lowest BCUT2D eigenvalue weighted by molar-refractivity contribution is -0.119. The number of nitrogens with zero attached hydrogens (tertiary/aromatic N) is 4. The van der Waals surface area contributed by atoms with Gasteiger partial charge in [-0.3, -0.25) is 4.79 Å². The molecule has 3 aromatic rings. The fourth-order valence-electron chi connectivity index (χ4n) is 2.99. The first kappa shape index (κ1) is 16.3. The van der Waals surface area contributed by atoms with E-state index in [1.807, 2.05) is 32.0 Å². The van der Waals surface area contributed by atoms with Gasteiger partial charge in [0.15, 0.2) is 11.5 Å². The zero-order valence-electron chi connectivity index (χ0n) is 14.6. The van der Waals surface area contributed by atoms with Gasteiger partial charge in [-0.2, -0.15) is 4.98 Å². The number of aromatic nitrogens is 4. The molecular weight excluding hydrogens is 332 g/mol. The van der Waals surface area contributed by atoms with Crippen molar-refractivity contribution in [3.05, 3.63) is 36.2 Å². The molecule has 0 bridgehead atoms. The normalized spacial score (nSPS) is 15.0. The maximum absolute atomic E-state index is 12.1. The Hall–Kier alpha value is -3.20. The topological polar surface area (TPSA) is 122 Å². The van der Waals surface area contributed by atoms with E-state index >= 15 is 0 Å². The highest BCUT2D eigenvalue weighted by Gasteiger charge is 2.38. The Bertz CT molecular complexity index is 994. The quantitative estimate of drug-likeness (QED) is 0.548. The second-order valence-corrected chi connectivity index (χ2v) is 6.66. The Kier molecular flexibility index (Phi) is 3.73. The molecular formula is C17H20N8O. The lowest BCUT2D eigenvalue weighted by atomic mass is 9.86. The highest BCUT2D eigenvalue weighted by molar-refractivity contribution is 6.06. The van der Waals surface area contributed by atoms with E-state index in [0.717, 1.165) is 16.9 Å². The molecule has 134 valence electrons. The number of anilines is 4. The van der Waals surface area contributed by atoms with Crippen molar-refractivity contribution in [2.24, 2.45) is 5.73 Å². The number of benzene rings is 1. The molecule has 0 radical (unpaired) electrons. The molecule has 1 aliphatic heterocycles. The Morgan fingerprint density at radius 2 is 2.19 bits per heavy atom. The molecule has 1 amide bonds. The van der Waals surface area contributed by atoms with Crippen LogP contribution in [0.1, 0.15) is 19.4 Å². The molecule has 3 heterocycles. The molecule has 0 saturated carbocycles. The average molecular weight is 352 g/mol. The van der Waals surface area contributed by atoms with E-state index in [-0.39, 0.29) is 5.91 Å². The lowest BCUT2D eigenvalue weighted by Gasteiger charge is -2.14. The molecule has 9 nitrogen and oxygen atoms in total. The fraction of sp³-hybridized carbons (Fsp3) is 0.294. The number of carbonyl (C=O) groups excluding carboxylic acids is 1. The molecule has 0 atom stereocenters. The number of rotatable bonds is 5. The summed E-state index contributed by atoms with van der Waals surface area (Å²) < 4.78 is 1.65.